The summed E-state index contributed by atoms with van der Waals surface area (Å²) in [5, 5.41) is 3.63. The molecule has 1 aromatic rings. The summed E-state index contributed by atoms with van der Waals surface area (Å²) in [7, 11) is 0. The van der Waals surface area contributed by atoms with Crippen LogP contribution in [0.2, 0.25) is 0 Å². The summed E-state index contributed by atoms with van der Waals surface area (Å²) >= 11 is 0. The van der Waals surface area contributed by atoms with Gasteiger partial charge in [0.1, 0.15) is 0 Å². The summed E-state index contributed by atoms with van der Waals surface area (Å²) < 4.78 is 0. The van der Waals surface area contributed by atoms with Crippen LogP contribution >= 0.6 is 0 Å². The topological polar surface area (TPSA) is 32.3 Å². The Kier molecular flexibility index (Phi) is 5.40. The molecule has 1 heterocycles. The van der Waals surface area contributed by atoms with Crippen LogP contribution in [-0.4, -0.2) is 29.9 Å². The van der Waals surface area contributed by atoms with Crippen LogP contribution in [0.4, 0.5) is 0 Å². The molecule has 0 aliphatic carbocycles. The lowest BCUT2D eigenvalue weighted by atomic mass is 9.95. The molecule has 116 valence electrons. The molecule has 1 aliphatic rings. The summed E-state index contributed by atoms with van der Waals surface area (Å²) in [6.07, 6.45) is 1.11. The van der Waals surface area contributed by atoms with Gasteiger partial charge >= 0.3 is 0 Å². The van der Waals surface area contributed by atoms with E-state index in [4.69, 9.17) is 0 Å². The molecule has 0 spiro atoms. The van der Waals surface area contributed by atoms with E-state index in [1.54, 1.807) is 0 Å². The second-order valence-electron chi connectivity index (χ2n) is 6.81. The van der Waals surface area contributed by atoms with Crippen molar-refractivity contribution in [2.45, 2.75) is 46.2 Å². The number of nitrogens with one attached hydrogen (secondary N) is 1. The number of benzene rings is 1. The molecule has 1 amide bonds. The van der Waals surface area contributed by atoms with Crippen molar-refractivity contribution in [2.75, 3.05) is 13.1 Å². The Morgan fingerprint density at radius 2 is 1.90 bits per heavy atom. The average molecular weight is 288 g/mol. The van der Waals surface area contributed by atoms with Gasteiger partial charge in [0.15, 0.2) is 0 Å². The first-order valence-corrected chi connectivity index (χ1v) is 8.07. The molecule has 2 atom stereocenters. The third kappa shape index (κ3) is 4.07. The van der Waals surface area contributed by atoms with Gasteiger partial charge < -0.3 is 10.2 Å². The van der Waals surface area contributed by atoms with Gasteiger partial charge in [-0.1, -0.05) is 58.0 Å². The van der Waals surface area contributed by atoms with Crippen LogP contribution in [0.1, 0.15) is 45.7 Å². The Morgan fingerprint density at radius 1 is 1.24 bits per heavy atom. The largest absolute Gasteiger partial charge is 0.333 e. The Morgan fingerprint density at radius 3 is 2.48 bits per heavy atom. The summed E-state index contributed by atoms with van der Waals surface area (Å²) in [6.45, 7) is 10.1. The fourth-order valence-electron chi connectivity index (χ4n) is 3.09. The maximum Gasteiger partial charge on any atom is 0.225 e. The van der Waals surface area contributed by atoms with Crippen molar-refractivity contribution in [3.8, 4) is 0 Å². The molecule has 1 saturated heterocycles. The molecule has 1 aliphatic heterocycles. The highest BCUT2D eigenvalue weighted by Gasteiger charge is 2.33. The number of hydrogen-bond donors (Lipinski definition) is 1. The molecule has 1 fully saturated rings. The van der Waals surface area contributed by atoms with E-state index in [0.29, 0.717) is 12.0 Å². The maximum atomic E-state index is 12.6. The zero-order chi connectivity index (χ0) is 15.4. The van der Waals surface area contributed by atoms with Crippen molar-refractivity contribution in [2.24, 2.45) is 11.8 Å². The van der Waals surface area contributed by atoms with Crippen LogP contribution in [-0.2, 0) is 4.79 Å². The number of nitrogens with zero attached hydrogens (tertiary/aromatic N) is 1. The molecule has 1 N–H and O–H groups in total. The standard InChI is InChI=1S/C18H28N2O/c1-13(2)10-16-12-20(18(21)14(3)4)17(11-19-16)15-8-6-5-7-9-15/h5-9,13-14,16-17,19H,10-12H2,1-4H3. The highest BCUT2D eigenvalue weighted by atomic mass is 16.2. The second-order valence-corrected chi connectivity index (χ2v) is 6.81. The van der Waals surface area contributed by atoms with Gasteiger partial charge in [-0.15, -0.1) is 0 Å². The number of amides is 1. The molecule has 0 bridgehead atoms. The second kappa shape index (κ2) is 7.08. The number of rotatable bonds is 4. The Hall–Kier alpha value is -1.35. The van der Waals surface area contributed by atoms with Crippen molar-refractivity contribution >= 4 is 5.91 Å². The number of carbonyl (C=O) groups is 1. The van der Waals surface area contributed by atoms with Crippen molar-refractivity contribution < 1.29 is 4.79 Å². The maximum absolute atomic E-state index is 12.6. The molecular weight excluding hydrogens is 260 g/mol. The van der Waals surface area contributed by atoms with Gasteiger partial charge in [0.25, 0.3) is 0 Å². The lowest BCUT2D eigenvalue weighted by Crippen LogP contribution is -2.55. The summed E-state index contributed by atoms with van der Waals surface area (Å²) in [5.74, 6) is 0.958. The minimum atomic E-state index is 0.0500. The minimum absolute atomic E-state index is 0.0500. The van der Waals surface area contributed by atoms with E-state index in [1.165, 1.54) is 5.56 Å². The van der Waals surface area contributed by atoms with Crippen molar-refractivity contribution in [1.29, 1.82) is 0 Å². The van der Waals surface area contributed by atoms with Crippen molar-refractivity contribution in [3.05, 3.63) is 35.9 Å². The van der Waals surface area contributed by atoms with E-state index in [0.717, 1.165) is 19.5 Å². The van der Waals surface area contributed by atoms with E-state index in [2.05, 4.69) is 36.2 Å². The van der Waals surface area contributed by atoms with Crippen LogP contribution in [0.25, 0.3) is 0 Å². The number of piperazine rings is 1. The van der Waals surface area contributed by atoms with Gasteiger partial charge in [0, 0.05) is 25.0 Å². The molecule has 3 nitrogen and oxygen atoms in total. The predicted octanol–water partition coefficient (Wildman–Crippen LogP) is 3.23. The lowest BCUT2D eigenvalue weighted by molar-refractivity contribution is -0.138. The SMILES string of the molecule is CC(C)CC1CN(C(=O)C(C)C)C(c2ccccc2)CN1. The van der Waals surface area contributed by atoms with Crippen LogP contribution in [0.15, 0.2) is 30.3 Å². The van der Waals surface area contributed by atoms with E-state index in [9.17, 15) is 4.79 Å². The molecule has 1 aromatic carbocycles. The minimum Gasteiger partial charge on any atom is -0.333 e. The van der Waals surface area contributed by atoms with Gasteiger partial charge in [-0.25, -0.2) is 0 Å². The van der Waals surface area contributed by atoms with Gasteiger partial charge in [-0.05, 0) is 17.9 Å². The number of carbonyl (C=O) groups excluding carboxylic acids is 1. The predicted molar refractivity (Wildman–Crippen MR) is 87.0 cm³/mol. The van der Waals surface area contributed by atoms with E-state index >= 15 is 0 Å². The molecular formula is C18H28N2O. The van der Waals surface area contributed by atoms with E-state index in [1.807, 2.05) is 32.0 Å². The van der Waals surface area contributed by atoms with Gasteiger partial charge in [-0.3, -0.25) is 4.79 Å². The highest BCUT2D eigenvalue weighted by molar-refractivity contribution is 5.78. The van der Waals surface area contributed by atoms with Gasteiger partial charge in [0.05, 0.1) is 6.04 Å². The Labute approximate surface area is 128 Å². The molecule has 0 aromatic heterocycles. The molecule has 2 unspecified atom stereocenters. The van der Waals surface area contributed by atoms with Crippen LogP contribution in [0, 0.1) is 11.8 Å². The molecule has 2 rings (SSSR count). The molecule has 0 radical (unpaired) electrons. The lowest BCUT2D eigenvalue weighted by Gasteiger charge is -2.42. The molecule has 3 heteroatoms. The third-order valence-electron chi connectivity index (χ3n) is 4.11. The van der Waals surface area contributed by atoms with Gasteiger partial charge in [0.2, 0.25) is 5.91 Å². The summed E-state index contributed by atoms with van der Waals surface area (Å²) in [4.78, 5) is 14.7. The molecule has 0 saturated carbocycles. The zero-order valence-electron chi connectivity index (χ0n) is 13.7. The smallest absolute Gasteiger partial charge is 0.225 e. The first kappa shape index (κ1) is 16.0. The number of hydrogen-bond acceptors (Lipinski definition) is 2. The normalized spacial score (nSPS) is 22.9. The van der Waals surface area contributed by atoms with Crippen LogP contribution < -0.4 is 5.32 Å². The monoisotopic (exact) mass is 288 g/mol. The third-order valence-corrected chi connectivity index (χ3v) is 4.11. The fourth-order valence-corrected chi connectivity index (χ4v) is 3.09. The average Bonchev–Trinajstić information content (AvgIpc) is 2.46. The van der Waals surface area contributed by atoms with Crippen LogP contribution in [0.3, 0.4) is 0 Å². The van der Waals surface area contributed by atoms with Crippen LogP contribution in [0.5, 0.6) is 0 Å². The van der Waals surface area contributed by atoms with E-state index < -0.39 is 0 Å². The quantitative estimate of drug-likeness (QED) is 0.922. The van der Waals surface area contributed by atoms with Crippen molar-refractivity contribution in [1.82, 2.24) is 10.2 Å². The first-order valence-electron chi connectivity index (χ1n) is 8.07. The fraction of sp³-hybridized carbons (Fsp3) is 0.611. The summed E-state index contributed by atoms with van der Waals surface area (Å²) in [6, 6.07) is 10.9. The molecule has 21 heavy (non-hydrogen) atoms. The first-order chi connectivity index (χ1) is 9.99. The highest BCUT2D eigenvalue weighted by Crippen LogP contribution is 2.26. The Bertz CT molecular complexity index is 456. The Balaban J connectivity index is 2.18. The van der Waals surface area contributed by atoms with E-state index in [-0.39, 0.29) is 17.9 Å². The van der Waals surface area contributed by atoms with Gasteiger partial charge in [-0.2, -0.15) is 0 Å². The summed E-state index contributed by atoms with van der Waals surface area (Å²) in [5.41, 5.74) is 1.22. The zero-order valence-corrected chi connectivity index (χ0v) is 13.7. The van der Waals surface area contributed by atoms with Crippen molar-refractivity contribution in [3.63, 3.8) is 0 Å².